The van der Waals surface area contributed by atoms with Crippen LogP contribution in [0.4, 0.5) is 28.4 Å². The molecule has 0 unspecified atom stereocenters. The standard InChI is InChI=1S/C51H31NOS2.C27H15BrS2.C24H17NO/c1-2-13-32(14-3-1)33-15-12-16-34(29-33)52(35-26-28-46-41(30-35)39-19-6-10-23-45(39)53-46)36-25-27-40-48(31-36)55-50-49(40)54-47-24-11-9-22-44(47)51(50)42-20-7-4-17-37(42)38-18-5-8-21-43(38)51;28-16-13-14-19-24(15-16)30-26-25(19)29-23-12-6-5-11-22(23)27(26)20-9-3-1-7-17(20)18-8-2-4-10-21(18)27;1-2-7-17(8-3-1)18-9-6-10-19(15-18)25-20-13-14-24-22(16-20)21-11-4-5-12-23(21)26-24/h1-31H;1-15H;1-16,25H. The average molecular weight is 1560 g/mol. The van der Waals surface area contributed by atoms with E-state index in [1.807, 2.05) is 88.7 Å². The van der Waals surface area contributed by atoms with E-state index in [1.165, 1.54) is 127 Å². The van der Waals surface area contributed by atoms with Gasteiger partial charge in [-0.2, -0.15) is 0 Å². The molecule has 4 nitrogen and oxygen atoms in total. The van der Waals surface area contributed by atoms with Gasteiger partial charge in [0.1, 0.15) is 22.3 Å². The Labute approximate surface area is 666 Å². The molecular weight excluding hydrogens is 1490 g/mol. The number of nitrogens with one attached hydrogen (secondary N) is 1. The Morgan fingerprint density at radius 1 is 0.270 bits per heavy atom. The lowest BCUT2D eigenvalue weighted by Gasteiger charge is -2.37. The van der Waals surface area contributed by atoms with Crippen molar-refractivity contribution in [2.75, 3.05) is 10.2 Å². The molecule has 4 aromatic heterocycles. The van der Waals surface area contributed by atoms with Gasteiger partial charge in [0.15, 0.2) is 0 Å². The second-order valence-electron chi connectivity index (χ2n) is 28.6. The molecule has 0 atom stereocenters. The summed E-state index contributed by atoms with van der Waals surface area (Å²) >= 11 is 11.4. The topological polar surface area (TPSA) is 41.6 Å². The smallest absolute Gasteiger partial charge is 0.135 e. The van der Waals surface area contributed by atoms with E-state index in [2.05, 4.69) is 360 Å². The van der Waals surface area contributed by atoms with Crippen molar-refractivity contribution in [3.8, 4) is 44.5 Å². The van der Waals surface area contributed by atoms with Crippen molar-refractivity contribution in [1.82, 2.24) is 0 Å². The van der Waals surface area contributed by atoms with E-state index in [1.54, 1.807) is 0 Å². The van der Waals surface area contributed by atoms with E-state index in [0.717, 1.165) is 76.8 Å². The van der Waals surface area contributed by atoms with Crippen molar-refractivity contribution in [3.63, 3.8) is 0 Å². The fraction of sp³-hybridized carbons (Fsp3) is 0.0196. The van der Waals surface area contributed by atoms with Crippen LogP contribution in [0.3, 0.4) is 0 Å². The maximum Gasteiger partial charge on any atom is 0.135 e. The van der Waals surface area contributed by atoms with Crippen LogP contribution >= 0.6 is 62.1 Å². The minimum atomic E-state index is -0.384. The molecule has 4 aliphatic rings. The fourth-order valence-corrected chi connectivity index (χ4v) is 24.2. The van der Waals surface area contributed by atoms with Crippen LogP contribution in [0.1, 0.15) is 43.1 Å². The highest BCUT2D eigenvalue weighted by Gasteiger charge is 2.53. The van der Waals surface area contributed by atoms with Gasteiger partial charge in [0.25, 0.3) is 0 Å². The maximum absolute atomic E-state index is 6.28. The highest BCUT2D eigenvalue weighted by atomic mass is 79.9. The summed E-state index contributed by atoms with van der Waals surface area (Å²) in [6.45, 7) is 0. The summed E-state index contributed by atoms with van der Waals surface area (Å²) in [6.07, 6.45) is 0. The second kappa shape index (κ2) is 26.6. The molecule has 1 N–H and O–H groups in total. The second-order valence-corrected chi connectivity index (χ2v) is 33.8. The Bertz CT molecular complexity index is 7040. The summed E-state index contributed by atoms with van der Waals surface area (Å²) < 4.78 is 16.0. The summed E-state index contributed by atoms with van der Waals surface area (Å²) in [5.41, 5.74) is 26.9. The number of fused-ring (bicyclic) bond motifs is 28. The molecule has 2 aliphatic heterocycles. The van der Waals surface area contributed by atoms with Crippen molar-refractivity contribution >= 4 is 155 Å². The van der Waals surface area contributed by atoms with Crippen LogP contribution in [0.15, 0.2) is 409 Å². The van der Waals surface area contributed by atoms with Crippen LogP contribution in [0, 0.1) is 0 Å². The zero-order valence-electron chi connectivity index (χ0n) is 59.6. The molecular formula is C102H63BrN2O2S4. The molecule has 2 aliphatic carbocycles. The van der Waals surface area contributed by atoms with Crippen LogP contribution < -0.4 is 10.2 Å². The Hall–Kier alpha value is -12.2. The van der Waals surface area contributed by atoms with Crippen LogP contribution in [0.2, 0.25) is 0 Å². The van der Waals surface area contributed by atoms with Crippen molar-refractivity contribution in [2.24, 2.45) is 0 Å². The van der Waals surface area contributed by atoms with E-state index in [4.69, 9.17) is 8.83 Å². The van der Waals surface area contributed by atoms with Crippen molar-refractivity contribution in [3.05, 3.63) is 424 Å². The van der Waals surface area contributed by atoms with E-state index >= 15 is 0 Å². The molecule has 0 saturated heterocycles. The molecule has 0 saturated carbocycles. The number of halogens is 1. The third-order valence-corrected chi connectivity index (χ3v) is 28.3. The summed E-state index contributed by atoms with van der Waals surface area (Å²) in [5.74, 6) is 0. The van der Waals surface area contributed by atoms with E-state index in [9.17, 15) is 0 Å². The van der Waals surface area contributed by atoms with Gasteiger partial charge in [-0.25, -0.2) is 0 Å². The Kier molecular flexibility index (Phi) is 15.8. The normalized spacial score (nSPS) is 13.3. The molecule has 6 heterocycles. The molecule has 16 aromatic carbocycles. The van der Waals surface area contributed by atoms with E-state index in [-0.39, 0.29) is 10.8 Å². The Balaban J connectivity index is 0.000000113. The number of hydrogen-bond donors (Lipinski definition) is 1. The Morgan fingerprint density at radius 2 is 0.667 bits per heavy atom. The highest BCUT2D eigenvalue weighted by Crippen LogP contribution is 2.67. The fourth-order valence-electron chi connectivity index (χ4n) is 17.8. The third kappa shape index (κ3) is 10.5. The monoisotopic (exact) mass is 1550 g/mol. The van der Waals surface area contributed by atoms with Crippen LogP contribution in [0.25, 0.3) is 109 Å². The molecule has 524 valence electrons. The molecule has 0 radical (unpaired) electrons. The lowest BCUT2D eigenvalue weighted by atomic mass is 9.71. The van der Waals surface area contributed by atoms with Gasteiger partial charge in [0, 0.05) is 104 Å². The molecule has 0 amide bonds. The van der Waals surface area contributed by atoms with Gasteiger partial charge in [-0.05, 0) is 187 Å². The van der Waals surface area contributed by atoms with Gasteiger partial charge >= 0.3 is 0 Å². The van der Waals surface area contributed by atoms with Crippen molar-refractivity contribution in [1.29, 1.82) is 0 Å². The number of para-hydroxylation sites is 2. The van der Waals surface area contributed by atoms with Crippen molar-refractivity contribution in [2.45, 2.75) is 30.4 Å². The first-order valence-electron chi connectivity index (χ1n) is 37.3. The van der Waals surface area contributed by atoms with Gasteiger partial charge in [-0.3, -0.25) is 0 Å². The lowest BCUT2D eigenvalue weighted by molar-refractivity contribution is 0.668. The van der Waals surface area contributed by atoms with Gasteiger partial charge in [0.2, 0.25) is 0 Å². The number of thiophene rings is 2. The molecule has 0 bridgehead atoms. The minimum absolute atomic E-state index is 0.249. The molecule has 111 heavy (non-hydrogen) atoms. The first-order valence-corrected chi connectivity index (χ1v) is 41.4. The quantitative estimate of drug-likeness (QED) is 0.172. The summed E-state index contributed by atoms with van der Waals surface area (Å²) in [7, 11) is 0. The summed E-state index contributed by atoms with van der Waals surface area (Å²) in [4.78, 5) is 10.7. The number of hydrogen-bond acceptors (Lipinski definition) is 8. The largest absolute Gasteiger partial charge is 0.456 e. The minimum Gasteiger partial charge on any atom is -0.456 e. The number of nitrogens with zero attached hydrogens (tertiary/aromatic N) is 1. The Morgan fingerprint density at radius 3 is 1.23 bits per heavy atom. The zero-order chi connectivity index (χ0) is 73.3. The average Bonchev–Trinajstić information content (AvgIpc) is 1.52. The summed E-state index contributed by atoms with van der Waals surface area (Å²) in [6, 6.07) is 136. The number of furan rings is 2. The third-order valence-electron chi connectivity index (χ3n) is 22.5. The number of benzene rings is 16. The molecule has 24 rings (SSSR count). The van der Waals surface area contributed by atoms with E-state index < -0.39 is 0 Å². The van der Waals surface area contributed by atoms with Gasteiger partial charge in [-0.1, -0.05) is 306 Å². The first kappa shape index (κ1) is 65.9. The van der Waals surface area contributed by atoms with E-state index in [0.29, 0.717) is 0 Å². The van der Waals surface area contributed by atoms with Gasteiger partial charge in [0.05, 0.1) is 10.8 Å². The van der Waals surface area contributed by atoms with Gasteiger partial charge < -0.3 is 19.1 Å². The van der Waals surface area contributed by atoms with Crippen LogP contribution in [-0.2, 0) is 10.8 Å². The lowest BCUT2D eigenvalue weighted by Crippen LogP contribution is -2.30. The van der Waals surface area contributed by atoms with Crippen LogP contribution in [-0.4, -0.2) is 0 Å². The zero-order valence-corrected chi connectivity index (χ0v) is 64.4. The molecule has 0 fully saturated rings. The maximum atomic E-state index is 6.28. The predicted molar refractivity (Wildman–Crippen MR) is 470 cm³/mol. The molecule has 20 aromatic rings. The SMILES string of the molecule is Brc1ccc2c3c(sc2c1)C1(c2ccccc2S3)c2ccccc2-c2ccccc21.c1ccc(-c2cccc(N(c3ccc4c5c(sc4c3)C3(c4ccccc4S5)c4ccccc4-c4ccccc43)c3ccc4oc5ccccc5c4c3)c2)cc1.c1ccc(-c2cccc(Nc3ccc4oc5ccccc5c4c3)c2)cc1. The van der Waals surface area contributed by atoms with Gasteiger partial charge in [-0.15, -0.1) is 22.7 Å². The number of anilines is 5. The predicted octanol–water partition coefficient (Wildman–Crippen LogP) is 30.3. The molecule has 2 spiro atoms. The number of rotatable bonds is 7. The van der Waals surface area contributed by atoms with Crippen LogP contribution in [0.5, 0.6) is 0 Å². The van der Waals surface area contributed by atoms with Crippen molar-refractivity contribution < 1.29 is 8.83 Å². The molecule has 9 heteroatoms. The highest BCUT2D eigenvalue weighted by molar-refractivity contribution is 9.10. The summed E-state index contributed by atoms with van der Waals surface area (Å²) in [5, 5.41) is 10.7. The first-order chi connectivity index (χ1) is 54.9.